The molecule has 2 N–H and O–H groups in total. The van der Waals surface area contributed by atoms with Crippen molar-refractivity contribution in [2.45, 2.75) is 11.8 Å². The van der Waals surface area contributed by atoms with Gasteiger partial charge in [-0.15, -0.1) is 0 Å². The Hall–Kier alpha value is -3.94. The minimum Gasteiger partial charge on any atom is -0.321 e. The van der Waals surface area contributed by atoms with Crippen molar-refractivity contribution in [3.05, 3.63) is 124 Å². The Morgan fingerprint density at radius 3 is 2.17 bits per heavy atom. The molecule has 1 amide bonds. The van der Waals surface area contributed by atoms with Gasteiger partial charge in [0.1, 0.15) is 0 Å². The molecule has 0 fully saturated rings. The molecule has 0 aliphatic heterocycles. The van der Waals surface area contributed by atoms with Crippen LogP contribution < -0.4 is 10.0 Å². The molecule has 0 unspecified atom stereocenters. The van der Waals surface area contributed by atoms with E-state index in [2.05, 4.69) is 10.0 Å². The number of rotatable bonds is 7. The van der Waals surface area contributed by atoms with E-state index in [1.54, 1.807) is 60.7 Å². The Bertz CT molecular complexity index is 1500. The third-order valence-corrected chi connectivity index (χ3v) is 6.85. The number of ketones is 1. The van der Waals surface area contributed by atoms with Gasteiger partial charge in [0.25, 0.3) is 15.9 Å². The second-order valence-electron chi connectivity index (χ2n) is 7.84. The lowest BCUT2D eigenvalue weighted by atomic mass is 9.99. The highest BCUT2D eigenvalue weighted by Gasteiger charge is 2.18. The number of aryl methyl sites for hydroxylation is 1. The summed E-state index contributed by atoms with van der Waals surface area (Å²) in [7, 11) is -3.87. The Kier molecular flexibility index (Phi) is 7.00. The molecule has 0 atom stereocenters. The summed E-state index contributed by atoms with van der Waals surface area (Å²) in [6.07, 6.45) is 0. The van der Waals surface area contributed by atoms with E-state index in [9.17, 15) is 18.0 Å². The maximum Gasteiger partial charge on any atom is 0.261 e. The fraction of sp³-hybridized carbons (Fsp3) is 0.0370. The highest BCUT2D eigenvalue weighted by Crippen LogP contribution is 2.23. The first kappa shape index (κ1) is 24.2. The maximum atomic E-state index is 13.1. The smallest absolute Gasteiger partial charge is 0.261 e. The van der Waals surface area contributed by atoms with Gasteiger partial charge in [-0.1, -0.05) is 59.6 Å². The van der Waals surface area contributed by atoms with Gasteiger partial charge in [-0.05, 0) is 61.5 Å². The molecule has 0 radical (unpaired) electrons. The molecule has 35 heavy (non-hydrogen) atoms. The number of hydrogen-bond donors (Lipinski definition) is 2. The van der Waals surface area contributed by atoms with Crippen LogP contribution in [0.1, 0.15) is 31.8 Å². The van der Waals surface area contributed by atoms with Crippen LogP contribution in [0.5, 0.6) is 0 Å². The molecular formula is C27H21ClN2O4S. The van der Waals surface area contributed by atoms with Gasteiger partial charge in [-0.25, -0.2) is 8.42 Å². The molecule has 0 bridgehead atoms. The van der Waals surface area contributed by atoms with Crippen molar-refractivity contribution in [3.8, 4) is 0 Å². The summed E-state index contributed by atoms with van der Waals surface area (Å²) in [5.41, 5.74) is 2.55. The predicted molar refractivity (Wildman–Crippen MR) is 138 cm³/mol. The molecule has 0 aliphatic rings. The first-order valence-electron chi connectivity index (χ1n) is 10.6. The summed E-state index contributed by atoms with van der Waals surface area (Å²) in [5.74, 6) is -0.697. The normalized spacial score (nSPS) is 11.0. The topological polar surface area (TPSA) is 92.3 Å². The van der Waals surface area contributed by atoms with Crippen LogP contribution in [-0.4, -0.2) is 20.1 Å². The van der Waals surface area contributed by atoms with Crippen molar-refractivity contribution in [1.29, 1.82) is 0 Å². The van der Waals surface area contributed by atoms with Crippen LogP contribution in [-0.2, 0) is 10.0 Å². The second kappa shape index (κ2) is 10.1. The quantitative estimate of drug-likeness (QED) is 0.305. The van der Waals surface area contributed by atoms with E-state index in [1.807, 2.05) is 13.0 Å². The number of hydrogen-bond acceptors (Lipinski definition) is 4. The fourth-order valence-electron chi connectivity index (χ4n) is 3.45. The molecule has 4 rings (SSSR count). The third-order valence-electron chi connectivity index (χ3n) is 5.20. The summed E-state index contributed by atoms with van der Waals surface area (Å²) in [6.45, 7) is 1.86. The molecule has 176 valence electrons. The van der Waals surface area contributed by atoms with Crippen molar-refractivity contribution in [1.82, 2.24) is 0 Å². The number of sulfonamides is 1. The van der Waals surface area contributed by atoms with E-state index >= 15 is 0 Å². The zero-order valence-electron chi connectivity index (χ0n) is 18.7. The van der Waals surface area contributed by atoms with Crippen molar-refractivity contribution in [2.75, 3.05) is 10.0 Å². The van der Waals surface area contributed by atoms with Gasteiger partial charge in [0.15, 0.2) is 5.78 Å². The molecular weight excluding hydrogens is 484 g/mol. The van der Waals surface area contributed by atoms with Crippen LogP contribution in [0, 0.1) is 6.92 Å². The first-order chi connectivity index (χ1) is 16.7. The molecule has 0 heterocycles. The first-order valence-corrected chi connectivity index (χ1v) is 12.5. The highest BCUT2D eigenvalue weighted by atomic mass is 35.5. The van der Waals surface area contributed by atoms with Crippen LogP contribution in [0.4, 0.5) is 11.4 Å². The molecule has 0 saturated heterocycles. The third kappa shape index (κ3) is 5.77. The second-order valence-corrected chi connectivity index (χ2v) is 9.96. The van der Waals surface area contributed by atoms with Crippen molar-refractivity contribution >= 4 is 44.7 Å². The Morgan fingerprint density at radius 1 is 0.771 bits per heavy atom. The Balaban J connectivity index is 1.57. The van der Waals surface area contributed by atoms with Gasteiger partial charge < -0.3 is 5.32 Å². The van der Waals surface area contributed by atoms with Gasteiger partial charge in [-0.2, -0.15) is 0 Å². The SMILES string of the molecule is Cc1ccc(NC(=O)c2cccc(NS(=O)(=O)c3ccc(Cl)cc3)c2)c(C(=O)c2ccccc2)c1. The van der Waals surface area contributed by atoms with Crippen molar-refractivity contribution in [2.24, 2.45) is 0 Å². The van der Waals surface area contributed by atoms with Crippen LogP contribution in [0.15, 0.2) is 102 Å². The van der Waals surface area contributed by atoms with E-state index in [-0.39, 0.29) is 21.9 Å². The maximum absolute atomic E-state index is 13.1. The summed E-state index contributed by atoms with van der Waals surface area (Å²) in [4.78, 5) is 26.1. The van der Waals surface area contributed by atoms with Gasteiger partial charge >= 0.3 is 0 Å². The Labute approximate surface area is 208 Å². The van der Waals surface area contributed by atoms with Crippen molar-refractivity contribution < 1.29 is 18.0 Å². The van der Waals surface area contributed by atoms with Crippen LogP contribution in [0.2, 0.25) is 5.02 Å². The number of anilines is 2. The lowest BCUT2D eigenvalue weighted by Gasteiger charge is -2.13. The molecule has 0 aromatic heterocycles. The van der Waals surface area contributed by atoms with E-state index in [0.29, 0.717) is 21.8 Å². The van der Waals surface area contributed by atoms with Gasteiger partial charge in [0.2, 0.25) is 0 Å². The van der Waals surface area contributed by atoms with E-state index in [0.717, 1.165) is 5.56 Å². The minimum absolute atomic E-state index is 0.0421. The monoisotopic (exact) mass is 504 g/mol. The summed E-state index contributed by atoms with van der Waals surface area (Å²) >= 11 is 5.84. The average molecular weight is 505 g/mol. The van der Waals surface area contributed by atoms with Gasteiger partial charge in [-0.3, -0.25) is 14.3 Å². The number of carbonyl (C=O) groups excluding carboxylic acids is 2. The van der Waals surface area contributed by atoms with Crippen LogP contribution >= 0.6 is 11.6 Å². The van der Waals surface area contributed by atoms with E-state index < -0.39 is 15.9 Å². The van der Waals surface area contributed by atoms with Gasteiger partial charge in [0, 0.05) is 27.4 Å². The largest absolute Gasteiger partial charge is 0.321 e. The predicted octanol–water partition coefficient (Wildman–Crippen LogP) is 5.93. The summed E-state index contributed by atoms with van der Waals surface area (Å²) < 4.78 is 27.8. The Morgan fingerprint density at radius 2 is 1.46 bits per heavy atom. The highest BCUT2D eigenvalue weighted by molar-refractivity contribution is 7.92. The molecule has 0 aliphatic carbocycles. The number of benzene rings is 4. The molecule has 0 saturated carbocycles. The van der Waals surface area contributed by atoms with E-state index in [1.165, 1.54) is 30.3 Å². The zero-order valence-corrected chi connectivity index (χ0v) is 20.2. The molecule has 8 heteroatoms. The molecule has 4 aromatic rings. The lowest BCUT2D eigenvalue weighted by Crippen LogP contribution is -2.17. The summed E-state index contributed by atoms with van der Waals surface area (Å²) in [5, 5.41) is 3.20. The number of amides is 1. The fourth-order valence-corrected chi connectivity index (χ4v) is 4.62. The standard InChI is InChI=1S/C27H21ClN2O4S/c1-18-10-15-25(24(16-18)26(31)19-6-3-2-4-7-19)29-27(32)20-8-5-9-22(17-20)30-35(33,34)23-13-11-21(28)12-14-23/h2-17,30H,1H3,(H,29,32). The average Bonchev–Trinajstić information content (AvgIpc) is 2.85. The van der Waals surface area contributed by atoms with Crippen LogP contribution in [0.3, 0.4) is 0 Å². The van der Waals surface area contributed by atoms with Crippen LogP contribution in [0.25, 0.3) is 0 Å². The van der Waals surface area contributed by atoms with E-state index in [4.69, 9.17) is 11.6 Å². The molecule has 4 aromatic carbocycles. The molecule has 0 spiro atoms. The number of carbonyl (C=O) groups is 2. The molecule has 6 nitrogen and oxygen atoms in total. The number of nitrogens with one attached hydrogen (secondary N) is 2. The minimum atomic E-state index is -3.87. The number of halogens is 1. The zero-order chi connectivity index (χ0) is 25.0. The van der Waals surface area contributed by atoms with Gasteiger partial charge in [0.05, 0.1) is 10.6 Å². The summed E-state index contributed by atoms with van der Waals surface area (Å²) in [6, 6.07) is 25.8. The lowest BCUT2D eigenvalue weighted by molar-refractivity contribution is 0.102. The van der Waals surface area contributed by atoms with Crippen molar-refractivity contribution in [3.63, 3.8) is 0 Å².